The Morgan fingerprint density at radius 3 is 2.82 bits per heavy atom. The van der Waals surface area contributed by atoms with Gasteiger partial charge in [-0.15, -0.1) is 0 Å². The number of amidine groups is 1. The van der Waals surface area contributed by atoms with Crippen LogP contribution in [0.5, 0.6) is 0 Å². The van der Waals surface area contributed by atoms with Gasteiger partial charge < -0.3 is 15.0 Å². The van der Waals surface area contributed by atoms with Gasteiger partial charge in [0.15, 0.2) is 0 Å². The van der Waals surface area contributed by atoms with E-state index in [1.807, 2.05) is 20.8 Å². The van der Waals surface area contributed by atoms with Crippen molar-refractivity contribution in [2.24, 2.45) is 10.9 Å². The SMILES string of the molecule is CCN1CCC(CNC2=NCCN(C(=O)OC(C)(C)C)C2)C1. The number of nitrogens with zero attached hydrogens (tertiary/aromatic N) is 3. The van der Waals surface area contributed by atoms with Crippen molar-refractivity contribution in [3.05, 3.63) is 0 Å². The molecule has 0 aromatic heterocycles. The zero-order chi connectivity index (χ0) is 16.2. The monoisotopic (exact) mass is 310 g/mol. The fourth-order valence-corrected chi connectivity index (χ4v) is 2.84. The quantitative estimate of drug-likeness (QED) is 0.859. The van der Waals surface area contributed by atoms with Crippen LogP contribution in [-0.4, -0.2) is 73.1 Å². The van der Waals surface area contributed by atoms with Gasteiger partial charge >= 0.3 is 6.09 Å². The van der Waals surface area contributed by atoms with Crippen molar-refractivity contribution in [1.29, 1.82) is 0 Å². The lowest BCUT2D eigenvalue weighted by Gasteiger charge is -2.30. The zero-order valence-corrected chi connectivity index (χ0v) is 14.4. The van der Waals surface area contributed by atoms with E-state index < -0.39 is 5.60 Å². The van der Waals surface area contributed by atoms with Crippen molar-refractivity contribution in [1.82, 2.24) is 15.1 Å². The maximum atomic E-state index is 12.1. The minimum absolute atomic E-state index is 0.250. The van der Waals surface area contributed by atoms with Gasteiger partial charge in [0.2, 0.25) is 0 Å². The molecule has 1 atom stereocenters. The Morgan fingerprint density at radius 2 is 2.18 bits per heavy atom. The molecule has 0 bridgehead atoms. The van der Waals surface area contributed by atoms with Crippen LogP contribution in [0.1, 0.15) is 34.1 Å². The summed E-state index contributed by atoms with van der Waals surface area (Å²) in [6.07, 6.45) is 0.990. The third-order valence-corrected chi connectivity index (χ3v) is 4.08. The van der Waals surface area contributed by atoms with Crippen LogP contribution in [0.2, 0.25) is 0 Å². The Balaban J connectivity index is 1.76. The number of ether oxygens (including phenoxy) is 1. The third-order valence-electron chi connectivity index (χ3n) is 4.08. The highest BCUT2D eigenvalue weighted by Gasteiger charge is 2.26. The molecule has 1 fully saturated rings. The summed E-state index contributed by atoms with van der Waals surface area (Å²) in [4.78, 5) is 20.8. The van der Waals surface area contributed by atoms with E-state index in [9.17, 15) is 4.79 Å². The lowest BCUT2D eigenvalue weighted by molar-refractivity contribution is 0.0276. The summed E-state index contributed by atoms with van der Waals surface area (Å²) in [7, 11) is 0. The molecule has 1 saturated heterocycles. The normalized spacial score (nSPS) is 23.4. The first-order valence-corrected chi connectivity index (χ1v) is 8.35. The molecule has 22 heavy (non-hydrogen) atoms. The van der Waals surface area contributed by atoms with Gasteiger partial charge in [-0.05, 0) is 46.2 Å². The Morgan fingerprint density at radius 1 is 1.41 bits per heavy atom. The lowest BCUT2D eigenvalue weighted by atomic mass is 10.1. The summed E-state index contributed by atoms with van der Waals surface area (Å²) in [5.41, 5.74) is -0.452. The molecule has 126 valence electrons. The smallest absolute Gasteiger partial charge is 0.410 e. The van der Waals surface area contributed by atoms with Crippen LogP contribution in [0.25, 0.3) is 0 Å². The minimum atomic E-state index is -0.452. The topological polar surface area (TPSA) is 57.2 Å². The van der Waals surface area contributed by atoms with Crippen molar-refractivity contribution in [3.8, 4) is 0 Å². The second kappa shape index (κ2) is 7.31. The molecule has 6 heteroatoms. The van der Waals surface area contributed by atoms with Gasteiger partial charge in [-0.1, -0.05) is 6.92 Å². The van der Waals surface area contributed by atoms with Gasteiger partial charge in [0, 0.05) is 19.6 Å². The van der Waals surface area contributed by atoms with Gasteiger partial charge in [-0.25, -0.2) is 4.79 Å². The highest BCUT2D eigenvalue weighted by Crippen LogP contribution is 2.15. The van der Waals surface area contributed by atoms with Crippen molar-refractivity contribution >= 4 is 11.9 Å². The molecule has 2 rings (SSSR count). The fraction of sp³-hybridized carbons (Fsp3) is 0.875. The van der Waals surface area contributed by atoms with Crippen molar-refractivity contribution in [2.45, 2.75) is 39.7 Å². The largest absolute Gasteiger partial charge is 0.444 e. The van der Waals surface area contributed by atoms with E-state index in [1.165, 1.54) is 13.0 Å². The van der Waals surface area contributed by atoms with Crippen LogP contribution in [0.3, 0.4) is 0 Å². The summed E-state index contributed by atoms with van der Waals surface area (Å²) in [5.74, 6) is 1.59. The maximum Gasteiger partial charge on any atom is 0.410 e. The molecule has 6 nitrogen and oxygen atoms in total. The molecule has 0 radical (unpaired) electrons. The molecule has 0 saturated carbocycles. The molecule has 1 amide bonds. The summed E-state index contributed by atoms with van der Waals surface area (Å²) in [5, 5.41) is 3.43. The van der Waals surface area contributed by atoms with Crippen molar-refractivity contribution in [2.75, 3.05) is 45.8 Å². The molecule has 2 aliphatic rings. The molecule has 2 aliphatic heterocycles. The number of amides is 1. The summed E-state index contributed by atoms with van der Waals surface area (Å²) >= 11 is 0. The molecule has 0 aromatic rings. The second-order valence-corrected chi connectivity index (χ2v) is 7.16. The van der Waals surface area contributed by atoms with E-state index in [-0.39, 0.29) is 6.09 Å². The number of likely N-dealkylation sites (tertiary alicyclic amines) is 1. The van der Waals surface area contributed by atoms with Crippen molar-refractivity contribution < 1.29 is 9.53 Å². The molecule has 2 heterocycles. The van der Waals surface area contributed by atoms with Crippen LogP contribution in [0.4, 0.5) is 4.79 Å². The summed E-state index contributed by atoms with van der Waals surface area (Å²) in [6.45, 7) is 14.1. The van der Waals surface area contributed by atoms with E-state index in [0.29, 0.717) is 25.6 Å². The maximum absolute atomic E-state index is 12.1. The average Bonchev–Trinajstić information content (AvgIpc) is 2.92. The predicted octanol–water partition coefficient (Wildman–Crippen LogP) is 1.57. The first-order chi connectivity index (χ1) is 10.4. The molecular formula is C16H30N4O2. The highest BCUT2D eigenvalue weighted by atomic mass is 16.6. The molecule has 0 aliphatic carbocycles. The van der Waals surface area contributed by atoms with Crippen LogP contribution < -0.4 is 5.32 Å². The third kappa shape index (κ3) is 5.16. The second-order valence-electron chi connectivity index (χ2n) is 7.16. The lowest BCUT2D eigenvalue weighted by Crippen LogP contribution is -2.48. The molecular weight excluding hydrogens is 280 g/mol. The number of hydrogen-bond acceptors (Lipinski definition) is 5. The molecule has 1 unspecified atom stereocenters. The number of rotatable bonds is 3. The molecule has 0 aromatic carbocycles. The Labute approximate surface area is 133 Å². The van der Waals surface area contributed by atoms with E-state index in [2.05, 4.69) is 22.1 Å². The van der Waals surface area contributed by atoms with E-state index in [0.717, 1.165) is 25.5 Å². The Hall–Kier alpha value is -1.30. The molecule has 0 spiro atoms. The van der Waals surface area contributed by atoms with Crippen LogP contribution in [-0.2, 0) is 4.74 Å². The predicted molar refractivity (Wildman–Crippen MR) is 88.3 cm³/mol. The Bertz CT molecular complexity index is 417. The van der Waals surface area contributed by atoms with E-state index in [4.69, 9.17) is 4.74 Å². The Kier molecular flexibility index (Phi) is 5.67. The van der Waals surface area contributed by atoms with Gasteiger partial charge in [0.05, 0.1) is 13.1 Å². The highest BCUT2D eigenvalue weighted by molar-refractivity contribution is 5.87. The minimum Gasteiger partial charge on any atom is -0.444 e. The van der Waals surface area contributed by atoms with Gasteiger partial charge in [0.1, 0.15) is 11.4 Å². The van der Waals surface area contributed by atoms with Gasteiger partial charge in [-0.3, -0.25) is 9.89 Å². The van der Waals surface area contributed by atoms with Crippen LogP contribution in [0, 0.1) is 5.92 Å². The number of carbonyl (C=O) groups excluding carboxylic acids is 1. The van der Waals surface area contributed by atoms with E-state index >= 15 is 0 Å². The fourth-order valence-electron chi connectivity index (χ4n) is 2.84. The number of hydrogen-bond donors (Lipinski definition) is 1. The standard InChI is InChI=1S/C16H30N4O2/c1-5-19-8-6-13(11-19)10-18-14-12-20(9-7-17-14)15(21)22-16(2,3)4/h13H,5-12H2,1-4H3,(H,17,18). The van der Waals surface area contributed by atoms with Crippen molar-refractivity contribution in [3.63, 3.8) is 0 Å². The number of carbonyl (C=O) groups is 1. The molecule has 1 N–H and O–H groups in total. The first kappa shape index (κ1) is 17.1. The zero-order valence-electron chi connectivity index (χ0n) is 14.4. The summed E-state index contributed by atoms with van der Waals surface area (Å²) < 4.78 is 5.43. The van der Waals surface area contributed by atoms with Gasteiger partial charge in [-0.2, -0.15) is 0 Å². The van der Waals surface area contributed by atoms with Crippen LogP contribution >= 0.6 is 0 Å². The van der Waals surface area contributed by atoms with E-state index in [1.54, 1.807) is 4.90 Å². The number of aliphatic imine (C=N–C) groups is 1. The average molecular weight is 310 g/mol. The van der Waals surface area contributed by atoms with Crippen LogP contribution in [0.15, 0.2) is 4.99 Å². The first-order valence-electron chi connectivity index (χ1n) is 8.35. The van der Waals surface area contributed by atoms with Gasteiger partial charge in [0.25, 0.3) is 0 Å². The summed E-state index contributed by atoms with van der Waals surface area (Å²) in [6, 6.07) is 0. The number of nitrogens with one attached hydrogen (secondary N) is 1.